The number of amides is 1. The second kappa shape index (κ2) is 5.21. The molecule has 0 aliphatic carbocycles. The standard InChI is InChI=1S/C11H18N2O5/c12-8-6-18-5-7(8)9(14)13-11(10(15)16)1-3-17-4-2-11/h7-8H,1-6,12H2,(H,13,14)(H,15,16). The molecule has 2 atom stereocenters. The molecule has 2 aliphatic heterocycles. The smallest absolute Gasteiger partial charge is 0.329 e. The molecule has 2 rings (SSSR count). The molecule has 0 radical (unpaired) electrons. The van der Waals surface area contributed by atoms with Gasteiger partial charge in [-0.05, 0) is 0 Å². The first-order valence-corrected chi connectivity index (χ1v) is 6.02. The molecule has 0 saturated carbocycles. The zero-order valence-electron chi connectivity index (χ0n) is 10.1. The summed E-state index contributed by atoms with van der Waals surface area (Å²) < 4.78 is 10.3. The van der Waals surface area contributed by atoms with Gasteiger partial charge in [0.25, 0.3) is 0 Å². The monoisotopic (exact) mass is 258 g/mol. The molecule has 2 unspecified atom stereocenters. The number of hydrogen-bond donors (Lipinski definition) is 3. The van der Waals surface area contributed by atoms with Crippen molar-refractivity contribution in [3.05, 3.63) is 0 Å². The Morgan fingerprint density at radius 1 is 1.22 bits per heavy atom. The summed E-state index contributed by atoms with van der Waals surface area (Å²) in [5, 5.41) is 11.9. The predicted molar refractivity (Wildman–Crippen MR) is 60.8 cm³/mol. The molecular formula is C11H18N2O5. The molecule has 2 aliphatic rings. The van der Waals surface area contributed by atoms with Crippen molar-refractivity contribution < 1.29 is 24.2 Å². The van der Waals surface area contributed by atoms with Crippen LogP contribution < -0.4 is 11.1 Å². The van der Waals surface area contributed by atoms with Crippen LogP contribution in [0.4, 0.5) is 0 Å². The predicted octanol–water partition coefficient (Wildman–Crippen LogP) is -1.29. The van der Waals surface area contributed by atoms with Crippen LogP contribution in [0.5, 0.6) is 0 Å². The van der Waals surface area contributed by atoms with Crippen LogP contribution in [0.25, 0.3) is 0 Å². The van der Waals surface area contributed by atoms with Crippen molar-refractivity contribution in [1.82, 2.24) is 5.32 Å². The molecule has 0 spiro atoms. The van der Waals surface area contributed by atoms with Crippen molar-refractivity contribution in [3.63, 3.8) is 0 Å². The topological polar surface area (TPSA) is 111 Å². The first-order chi connectivity index (χ1) is 8.55. The second-order valence-electron chi connectivity index (χ2n) is 4.80. The van der Waals surface area contributed by atoms with Gasteiger partial charge in [-0.2, -0.15) is 0 Å². The van der Waals surface area contributed by atoms with E-state index in [1.54, 1.807) is 0 Å². The Bertz CT molecular complexity index is 340. The molecule has 4 N–H and O–H groups in total. The van der Waals surface area contributed by atoms with Crippen molar-refractivity contribution in [2.24, 2.45) is 11.7 Å². The Morgan fingerprint density at radius 3 is 2.39 bits per heavy atom. The Morgan fingerprint density at radius 2 is 1.89 bits per heavy atom. The average molecular weight is 258 g/mol. The number of hydrogen-bond acceptors (Lipinski definition) is 5. The molecule has 2 fully saturated rings. The van der Waals surface area contributed by atoms with Crippen molar-refractivity contribution in [2.75, 3.05) is 26.4 Å². The lowest BCUT2D eigenvalue weighted by Gasteiger charge is -2.34. The lowest BCUT2D eigenvalue weighted by atomic mass is 9.89. The fraction of sp³-hybridized carbons (Fsp3) is 0.818. The molecule has 7 heteroatoms. The highest BCUT2D eigenvalue weighted by molar-refractivity contribution is 5.88. The van der Waals surface area contributed by atoms with Crippen molar-refractivity contribution >= 4 is 11.9 Å². The van der Waals surface area contributed by atoms with Gasteiger partial charge < -0.3 is 25.6 Å². The molecule has 0 bridgehead atoms. The van der Waals surface area contributed by atoms with Gasteiger partial charge in [-0.15, -0.1) is 0 Å². The van der Waals surface area contributed by atoms with Gasteiger partial charge in [-0.25, -0.2) is 4.79 Å². The number of carboxylic acid groups (broad SMARTS) is 1. The highest BCUT2D eigenvalue weighted by atomic mass is 16.5. The number of nitrogens with one attached hydrogen (secondary N) is 1. The molecule has 2 heterocycles. The van der Waals surface area contributed by atoms with Gasteiger partial charge in [-0.1, -0.05) is 0 Å². The molecule has 0 aromatic heterocycles. The van der Waals surface area contributed by atoms with E-state index < -0.39 is 17.4 Å². The van der Waals surface area contributed by atoms with Crippen LogP contribution in [-0.2, 0) is 19.1 Å². The summed E-state index contributed by atoms with van der Waals surface area (Å²) in [6.07, 6.45) is 0.549. The molecule has 0 aromatic rings. The first kappa shape index (κ1) is 13.3. The van der Waals surface area contributed by atoms with Crippen LogP contribution in [0, 0.1) is 5.92 Å². The van der Waals surface area contributed by atoms with Crippen LogP contribution in [0.3, 0.4) is 0 Å². The van der Waals surface area contributed by atoms with Crippen molar-refractivity contribution in [2.45, 2.75) is 24.4 Å². The number of ether oxygens (including phenoxy) is 2. The van der Waals surface area contributed by atoms with E-state index in [-0.39, 0.29) is 31.4 Å². The Hall–Kier alpha value is -1.18. The molecule has 7 nitrogen and oxygen atoms in total. The largest absolute Gasteiger partial charge is 0.480 e. The molecular weight excluding hydrogens is 240 g/mol. The Labute approximate surface area is 105 Å². The van der Waals surface area contributed by atoms with Gasteiger partial charge in [0.05, 0.1) is 19.1 Å². The number of rotatable bonds is 3. The summed E-state index contributed by atoms with van der Waals surface area (Å²) in [7, 11) is 0. The third-order valence-electron chi connectivity index (χ3n) is 3.58. The first-order valence-electron chi connectivity index (χ1n) is 6.02. The highest BCUT2D eigenvalue weighted by Gasteiger charge is 2.44. The minimum Gasteiger partial charge on any atom is -0.480 e. The van der Waals surface area contributed by atoms with Crippen LogP contribution in [0.2, 0.25) is 0 Å². The summed E-state index contributed by atoms with van der Waals surface area (Å²) in [6, 6.07) is -0.365. The number of carbonyl (C=O) groups excluding carboxylic acids is 1. The zero-order valence-corrected chi connectivity index (χ0v) is 10.1. The van der Waals surface area contributed by atoms with E-state index >= 15 is 0 Å². The van der Waals surface area contributed by atoms with Gasteiger partial charge in [0.1, 0.15) is 5.54 Å². The van der Waals surface area contributed by atoms with Gasteiger partial charge in [0.15, 0.2) is 0 Å². The van der Waals surface area contributed by atoms with Crippen LogP contribution in [0.15, 0.2) is 0 Å². The second-order valence-corrected chi connectivity index (χ2v) is 4.80. The van der Waals surface area contributed by atoms with E-state index in [2.05, 4.69) is 5.32 Å². The van der Waals surface area contributed by atoms with Crippen LogP contribution in [0.1, 0.15) is 12.8 Å². The SMILES string of the molecule is NC1COCC1C(=O)NC1(C(=O)O)CCOCC1. The average Bonchev–Trinajstić information content (AvgIpc) is 2.76. The molecule has 1 amide bonds. The lowest BCUT2D eigenvalue weighted by Crippen LogP contribution is -2.59. The van der Waals surface area contributed by atoms with E-state index in [0.29, 0.717) is 19.8 Å². The fourth-order valence-electron chi connectivity index (χ4n) is 2.28. The van der Waals surface area contributed by atoms with E-state index in [9.17, 15) is 14.7 Å². The number of nitrogens with two attached hydrogens (primary N) is 1. The number of carboxylic acids is 1. The zero-order chi connectivity index (χ0) is 13.2. The highest BCUT2D eigenvalue weighted by Crippen LogP contribution is 2.23. The molecule has 2 saturated heterocycles. The van der Waals surface area contributed by atoms with Gasteiger partial charge >= 0.3 is 5.97 Å². The van der Waals surface area contributed by atoms with E-state index in [1.807, 2.05) is 0 Å². The number of carbonyl (C=O) groups is 2. The van der Waals surface area contributed by atoms with Gasteiger partial charge in [-0.3, -0.25) is 4.79 Å². The summed E-state index contributed by atoms with van der Waals surface area (Å²) in [5.41, 5.74) is 4.52. The van der Waals surface area contributed by atoms with E-state index in [4.69, 9.17) is 15.2 Å². The Balaban J connectivity index is 2.04. The van der Waals surface area contributed by atoms with Crippen LogP contribution >= 0.6 is 0 Å². The minimum absolute atomic E-state index is 0.249. The quantitative estimate of drug-likeness (QED) is 0.581. The summed E-state index contributed by atoms with van der Waals surface area (Å²) in [4.78, 5) is 23.4. The van der Waals surface area contributed by atoms with Crippen molar-refractivity contribution in [3.8, 4) is 0 Å². The summed E-state index contributed by atoms with van der Waals surface area (Å²) in [6.45, 7) is 1.25. The van der Waals surface area contributed by atoms with E-state index in [1.165, 1.54) is 0 Å². The summed E-state index contributed by atoms with van der Waals surface area (Å²) >= 11 is 0. The lowest BCUT2D eigenvalue weighted by molar-refractivity contribution is -0.152. The fourth-order valence-corrected chi connectivity index (χ4v) is 2.28. The third-order valence-corrected chi connectivity index (χ3v) is 3.58. The Kier molecular flexibility index (Phi) is 3.84. The third kappa shape index (κ3) is 2.47. The van der Waals surface area contributed by atoms with E-state index in [0.717, 1.165) is 0 Å². The van der Waals surface area contributed by atoms with Gasteiger partial charge in [0, 0.05) is 32.1 Å². The maximum absolute atomic E-state index is 12.1. The molecule has 0 aromatic carbocycles. The normalized spacial score (nSPS) is 30.9. The van der Waals surface area contributed by atoms with Crippen LogP contribution in [-0.4, -0.2) is 55.0 Å². The molecule has 102 valence electrons. The van der Waals surface area contributed by atoms with Crippen molar-refractivity contribution in [1.29, 1.82) is 0 Å². The molecule has 18 heavy (non-hydrogen) atoms. The number of aliphatic carboxylic acids is 1. The summed E-state index contributed by atoms with van der Waals surface area (Å²) in [5.74, 6) is -1.83. The maximum Gasteiger partial charge on any atom is 0.329 e. The minimum atomic E-state index is -1.22. The maximum atomic E-state index is 12.1. The van der Waals surface area contributed by atoms with Gasteiger partial charge in [0.2, 0.25) is 5.91 Å².